The molecule has 1 atom stereocenters. The Morgan fingerprint density at radius 1 is 1.42 bits per heavy atom. The molecule has 5 heteroatoms. The van der Waals surface area contributed by atoms with Crippen molar-refractivity contribution in [3.05, 3.63) is 29.3 Å². The number of aryl methyl sites for hydroxylation is 2. The third kappa shape index (κ3) is 3.54. The molecule has 104 valence electrons. The van der Waals surface area contributed by atoms with Crippen molar-refractivity contribution in [3.63, 3.8) is 0 Å². The minimum absolute atomic E-state index is 0.102. The minimum atomic E-state index is -0.864. The lowest BCUT2D eigenvalue weighted by Crippen LogP contribution is -2.30. The Balaban J connectivity index is 1.74. The van der Waals surface area contributed by atoms with Gasteiger partial charge in [-0.3, -0.25) is 4.79 Å². The Hall–Kier alpha value is -0.930. The number of nitrogens with one attached hydrogen (secondary N) is 1. The molecule has 2 rings (SSSR count). The van der Waals surface area contributed by atoms with Gasteiger partial charge in [-0.25, -0.2) is 0 Å². The highest BCUT2D eigenvalue weighted by Gasteiger charge is 2.56. The van der Waals surface area contributed by atoms with Crippen LogP contribution in [0.4, 0.5) is 0 Å². The van der Waals surface area contributed by atoms with E-state index < -0.39 is 4.33 Å². The van der Waals surface area contributed by atoms with Gasteiger partial charge < -0.3 is 10.1 Å². The van der Waals surface area contributed by atoms with E-state index in [2.05, 4.69) is 5.32 Å². The SMILES string of the molecule is Cc1cccc(C)c1OCCNC(=O)C1CC1(Cl)Cl. The molecule has 1 aliphatic carbocycles. The summed E-state index contributed by atoms with van der Waals surface area (Å²) in [5.74, 6) is 0.498. The van der Waals surface area contributed by atoms with Crippen molar-refractivity contribution in [2.24, 2.45) is 5.92 Å². The van der Waals surface area contributed by atoms with E-state index in [1.165, 1.54) is 0 Å². The van der Waals surface area contributed by atoms with E-state index in [-0.39, 0.29) is 11.8 Å². The average Bonchev–Trinajstić information content (AvgIpc) is 2.97. The Morgan fingerprint density at radius 2 is 2.00 bits per heavy atom. The van der Waals surface area contributed by atoms with E-state index in [4.69, 9.17) is 27.9 Å². The van der Waals surface area contributed by atoms with Crippen molar-refractivity contribution in [1.82, 2.24) is 5.32 Å². The van der Waals surface area contributed by atoms with Crippen LogP contribution >= 0.6 is 23.2 Å². The number of ether oxygens (including phenoxy) is 1. The van der Waals surface area contributed by atoms with E-state index >= 15 is 0 Å². The molecule has 1 amide bonds. The Morgan fingerprint density at radius 3 is 2.53 bits per heavy atom. The summed E-state index contributed by atoms with van der Waals surface area (Å²) < 4.78 is 4.83. The van der Waals surface area contributed by atoms with Gasteiger partial charge in [0.2, 0.25) is 5.91 Å². The second-order valence-corrected chi connectivity index (χ2v) is 6.42. The molecule has 19 heavy (non-hydrogen) atoms. The number of alkyl halides is 2. The van der Waals surface area contributed by atoms with Gasteiger partial charge in [0.05, 0.1) is 12.5 Å². The fraction of sp³-hybridized carbons (Fsp3) is 0.500. The molecule has 0 bridgehead atoms. The smallest absolute Gasteiger partial charge is 0.226 e. The molecule has 0 aromatic heterocycles. The second kappa shape index (κ2) is 5.59. The molecule has 1 aliphatic rings. The summed E-state index contributed by atoms with van der Waals surface area (Å²) >= 11 is 11.7. The molecule has 1 aromatic carbocycles. The van der Waals surface area contributed by atoms with Gasteiger partial charge in [-0.1, -0.05) is 18.2 Å². The van der Waals surface area contributed by atoms with E-state index in [1.54, 1.807) is 0 Å². The van der Waals surface area contributed by atoms with E-state index in [1.807, 2.05) is 32.0 Å². The zero-order valence-corrected chi connectivity index (χ0v) is 12.5. The van der Waals surface area contributed by atoms with Gasteiger partial charge >= 0.3 is 0 Å². The van der Waals surface area contributed by atoms with Crippen LogP contribution in [0, 0.1) is 19.8 Å². The summed E-state index contributed by atoms with van der Waals surface area (Å²) in [5.41, 5.74) is 2.18. The van der Waals surface area contributed by atoms with Gasteiger partial charge in [-0.15, -0.1) is 23.2 Å². The second-order valence-electron chi connectivity index (χ2n) is 4.88. The molecule has 1 unspecified atom stereocenters. The molecular formula is C14H17Cl2NO2. The Kier molecular flexibility index (Phi) is 4.26. The quantitative estimate of drug-likeness (QED) is 0.671. The summed E-state index contributed by atoms with van der Waals surface area (Å²) in [6, 6.07) is 5.99. The van der Waals surface area contributed by atoms with E-state index in [0.29, 0.717) is 19.6 Å². The summed E-state index contributed by atoms with van der Waals surface area (Å²) in [4.78, 5) is 11.6. The monoisotopic (exact) mass is 301 g/mol. The number of rotatable bonds is 5. The highest BCUT2D eigenvalue weighted by Crippen LogP contribution is 2.53. The van der Waals surface area contributed by atoms with E-state index in [9.17, 15) is 4.79 Å². The molecule has 0 aliphatic heterocycles. The standard InChI is InChI=1S/C14H17Cl2NO2/c1-9-4-3-5-10(2)12(9)19-7-6-17-13(18)11-8-14(11,15)16/h3-5,11H,6-8H2,1-2H3,(H,17,18). The predicted molar refractivity (Wildman–Crippen MR) is 77.0 cm³/mol. The van der Waals surface area contributed by atoms with Gasteiger partial charge in [-0.05, 0) is 31.4 Å². The van der Waals surface area contributed by atoms with Gasteiger partial charge in [0, 0.05) is 0 Å². The fourth-order valence-electron chi connectivity index (χ4n) is 1.98. The molecule has 1 N–H and O–H groups in total. The lowest BCUT2D eigenvalue weighted by Gasteiger charge is -2.12. The topological polar surface area (TPSA) is 38.3 Å². The summed E-state index contributed by atoms with van der Waals surface area (Å²) in [5, 5.41) is 2.78. The largest absolute Gasteiger partial charge is 0.491 e. The number of carbonyl (C=O) groups is 1. The van der Waals surface area contributed by atoms with Crippen LogP contribution in [-0.2, 0) is 4.79 Å². The zero-order valence-electron chi connectivity index (χ0n) is 11.0. The third-order valence-corrected chi connectivity index (χ3v) is 4.03. The van der Waals surface area contributed by atoms with Crippen molar-refractivity contribution in [3.8, 4) is 5.75 Å². The number of para-hydroxylation sites is 1. The number of amides is 1. The van der Waals surface area contributed by atoms with Crippen molar-refractivity contribution < 1.29 is 9.53 Å². The van der Waals surface area contributed by atoms with Crippen molar-refractivity contribution in [2.45, 2.75) is 24.6 Å². The highest BCUT2D eigenvalue weighted by molar-refractivity contribution is 6.52. The van der Waals surface area contributed by atoms with Crippen LogP contribution in [0.25, 0.3) is 0 Å². The van der Waals surface area contributed by atoms with Crippen LogP contribution < -0.4 is 10.1 Å². The van der Waals surface area contributed by atoms with Gasteiger partial charge in [0.1, 0.15) is 16.7 Å². The normalized spacial score (nSPS) is 19.9. The summed E-state index contributed by atoms with van der Waals surface area (Å²) in [7, 11) is 0. The highest BCUT2D eigenvalue weighted by atomic mass is 35.5. The Labute approximate surface area is 123 Å². The maximum Gasteiger partial charge on any atom is 0.226 e. The average molecular weight is 302 g/mol. The Bertz CT molecular complexity index is 468. The molecule has 3 nitrogen and oxygen atoms in total. The number of benzene rings is 1. The fourth-order valence-corrected chi connectivity index (χ4v) is 2.48. The lowest BCUT2D eigenvalue weighted by molar-refractivity contribution is -0.122. The minimum Gasteiger partial charge on any atom is -0.491 e. The van der Waals surface area contributed by atoms with Crippen LogP contribution in [0.2, 0.25) is 0 Å². The van der Waals surface area contributed by atoms with Gasteiger partial charge in [0.15, 0.2) is 0 Å². The summed E-state index contributed by atoms with van der Waals surface area (Å²) in [6.45, 7) is 4.88. The zero-order chi connectivity index (χ0) is 14.0. The third-order valence-electron chi connectivity index (χ3n) is 3.20. The van der Waals surface area contributed by atoms with Crippen molar-refractivity contribution in [2.75, 3.05) is 13.2 Å². The molecule has 0 spiro atoms. The summed E-state index contributed by atoms with van der Waals surface area (Å²) in [6.07, 6.45) is 0.527. The van der Waals surface area contributed by atoms with Crippen LogP contribution in [0.15, 0.2) is 18.2 Å². The van der Waals surface area contributed by atoms with Crippen LogP contribution in [-0.4, -0.2) is 23.4 Å². The molecule has 1 saturated carbocycles. The first kappa shape index (κ1) is 14.5. The van der Waals surface area contributed by atoms with Crippen molar-refractivity contribution in [1.29, 1.82) is 0 Å². The predicted octanol–water partition coefficient (Wildman–Crippen LogP) is 2.99. The number of halogens is 2. The maximum absolute atomic E-state index is 11.6. The lowest BCUT2D eigenvalue weighted by atomic mass is 10.1. The van der Waals surface area contributed by atoms with Crippen LogP contribution in [0.1, 0.15) is 17.5 Å². The van der Waals surface area contributed by atoms with Crippen molar-refractivity contribution >= 4 is 29.1 Å². The molecule has 1 aromatic rings. The van der Waals surface area contributed by atoms with Gasteiger partial charge in [0.25, 0.3) is 0 Å². The first-order valence-corrected chi connectivity index (χ1v) is 7.02. The molecule has 0 saturated heterocycles. The number of hydrogen-bond donors (Lipinski definition) is 1. The first-order valence-electron chi connectivity index (χ1n) is 6.26. The molecule has 1 fully saturated rings. The number of hydrogen-bond acceptors (Lipinski definition) is 2. The van der Waals surface area contributed by atoms with E-state index in [0.717, 1.165) is 16.9 Å². The van der Waals surface area contributed by atoms with Gasteiger partial charge in [-0.2, -0.15) is 0 Å². The molecule has 0 heterocycles. The van der Waals surface area contributed by atoms with Crippen LogP contribution in [0.3, 0.4) is 0 Å². The van der Waals surface area contributed by atoms with Crippen LogP contribution in [0.5, 0.6) is 5.75 Å². The molecular weight excluding hydrogens is 285 g/mol. The maximum atomic E-state index is 11.6. The first-order chi connectivity index (χ1) is 8.92. The molecule has 0 radical (unpaired) electrons. The number of carbonyl (C=O) groups excluding carboxylic acids is 1.